The van der Waals surface area contributed by atoms with Crippen molar-refractivity contribution in [3.63, 3.8) is 0 Å². The Balaban J connectivity index is 2.57. The third kappa shape index (κ3) is 2.20. The van der Waals surface area contributed by atoms with Crippen LogP contribution in [-0.2, 0) is 6.42 Å². The van der Waals surface area contributed by atoms with Crippen LogP contribution in [-0.4, -0.2) is 25.7 Å². The highest BCUT2D eigenvalue weighted by Gasteiger charge is 2.11. The van der Waals surface area contributed by atoms with Crippen LogP contribution in [0.4, 0.5) is 0 Å². The van der Waals surface area contributed by atoms with E-state index >= 15 is 0 Å². The number of carbonyl (C=O) groups is 1. The van der Waals surface area contributed by atoms with Crippen LogP contribution >= 0.6 is 0 Å². The Morgan fingerprint density at radius 3 is 2.82 bits per heavy atom. The van der Waals surface area contributed by atoms with Crippen molar-refractivity contribution in [2.45, 2.75) is 20.3 Å². The van der Waals surface area contributed by atoms with Gasteiger partial charge in [-0.1, -0.05) is 13.8 Å². The molecule has 0 amide bonds. The first-order chi connectivity index (χ1) is 7.97. The van der Waals surface area contributed by atoms with Crippen LogP contribution in [0.25, 0.3) is 5.65 Å². The fourth-order valence-corrected chi connectivity index (χ4v) is 1.67. The number of nitrogens with one attached hydrogen (secondary N) is 1. The summed E-state index contributed by atoms with van der Waals surface area (Å²) in [5.41, 5.74) is 0.681. The normalized spacial score (nSPS) is 11.2. The first-order valence-electron chi connectivity index (χ1n) is 5.32. The summed E-state index contributed by atoms with van der Waals surface area (Å²) in [6.45, 7) is 4.06. The molecule has 6 heteroatoms. The molecule has 2 heterocycles. The second kappa shape index (κ2) is 4.04. The van der Waals surface area contributed by atoms with E-state index in [1.54, 1.807) is 0 Å². The maximum Gasteiger partial charge on any atom is 0.353 e. The van der Waals surface area contributed by atoms with Crippen molar-refractivity contribution >= 4 is 11.6 Å². The average molecular weight is 235 g/mol. The number of aromatic carboxylic acids is 1. The quantitative estimate of drug-likeness (QED) is 0.828. The number of H-pyrrole nitrogens is 1. The van der Waals surface area contributed by atoms with Gasteiger partial charge in [0, 0.05) is 17.8 Å². The predicted molar refractivity (Wildman–Crippen MR) is 61.3 cm³/mol. The highest BCUT2D eigenvalue weighted by molar-refractivity contribution is 5.86. The summed E-state index contributed by atoms with van der Waals surface area (Å²) in [7, 11) is 0. The van der Waals surface area contributed by atoms with E-state index < -0.39 is 5.97 Å². The summed E-state index contributed by atoms with van der Waals surface area (Å²) >= 11 is 0. The summed E-state index contributed by atoms with van der Waals surface area (Å²) in [6.07, 6.45) is 0.694. The minimum Gasteiger partial charge on any atom is -0.477 e. The number of hydrogen-bond donors (Lipinski definition) is 2. The van der Waals surface area contributed by atoms with E-state index in [1.165, 1.54) is 12.1 Å². The molecule has 6 nitrogen and oxygen atoms in total. The van der Waals surface area contributed by atoms with Crippen molar-refractivity contribution in [2.75, 3.05) is 0 Å². The van der Waals surface area contributed by atoms with Gasteiger partial charge in [-0.05, 0) is 12.3 Å². The van der Waals surface area contributed by atoms with Crippen molar-refractivity contribution < 1.29 is 9.90 Å². The summed E-state index contributed by atoms with van der Waals surface area (Å²) in [6, 6.07) is 2.78. The SMILES string of the molecule is CC(C)Cc1cc(=O)n2[nH]c(C(=O)O)cc2n1. The smallest absolute Gasteiger partial charge is 0.353 e. The minimum atomic E-state index is -1.11. The second-order valence-corrected chi connectivity index (χ2v) is 4.35. The van der Waals surface area contributed by atoms with Crippen LogP contribution in [0, 0.1) is 5.92 Å². The molecule has 0 spiro atoms. The van der Waals surface area contributed by atoms with Crippen LogP contribution in [0.3, 0.4) is 0 Å². The molecule has 0 aliphatic carbocycles. The third-order valence-electron chi connectivity index (χ3n) is 2.35. The van der Waals surface area contributed by atoms with E-state index in [1.807, 2.05) is 13.8 Å². The molecule has 0 saturated carbocycles. The first kappa shape index (κ1) is 11.4. The van der Waals surface area contributed by atoms with E-state index in [0.29, 0.717) is 23.7 Å². The Morgan fingerprint density at radius 1 is 1.53 bits per heavy atom. The molecule has 0 saturated heterocycles. The lowest BCUT2D eigenvalue weighted by molar-refractivity contribution is 0.0690. The van der Waals surface area contributed by atoms with Crippen LogP contribution in [0.15, 0.2) is 16.9 Å². The van der Waals surface area contributed by atoms with Crippen molar-refractivity contribution in [3.05, 3.63) is 33.9 Å². The van der Waals surface area contributed by atoms with E-state index in [4.69, 9.17) is 5.11 Å². The van der Waals surface area contributed by atoms with Crippen LogP contribution in [0.5, 0.6) is 0 Å². The standard InChI is InChI=1S/C11H13N3O3/c1-6(2)3-7-4-10(15)14-9(12-7)5-8(13-14)11(16)17/h4-6,13H,3H2,1-2H3,(H,16,17). The van der Waals surface area contributed by atoms with Crippen LogP contribution in [0.1, 0.15) is 30.0 Å². The number of aromatic amines is 1. The van der Waals surface area contributed by atoms with E-state index in [0.717, 1.165) is 4.52 Å². The van der Waals surface area contributed by atoms with Gasteiger partial charge in [-0.3, -0.25) is 9.89 Å². The molecule has 2 rings (SSSR count). The molecule has 0 fully saturated rings. The van der Waals surface area contributed by atoms with Gasteiger partial charge in [-0.2, -0.15) is 0 Å². The predicted octanol–water partition coefficient (Wildman–Crippen LogP) is 0.919. The molecular formula is C11H13N3O3. The topological polar surface area (TPSA) is 87.5 Å². The fourth-order valence-electron chi connectivity index (χ4n) is 1.67. The van der Waals surface area contributed by atoms with Crippen molar-refractivity contribution in [1.82, 2.24) is 14.6 Å². The Bertz CT molecular complexity index is 624. The zero-order valence-electron chi connectivity index (χ0n) is 9.60. The molecule has 0 aliphatic heterocycles. The third-order valence-corrected chi connectivity index (χ3v) is 2.35. The average Bonchev–Trinajstić information content (AvgIpc) is 2.60. The highest BCUT2D eigenvalue weighted by Crippen LogP contribution is 2.06. The monoisotopic (exact) mass is 235 g/mol. The van der Waals surface area contributed by atoms with E-state index in [9.17, 15) is 9.59 Å². The summed E-state index contributed by atoms with van der Waals surface area (Å²) in [4.78, 5) is 26.7. The molecule has 0 radical (unpaired) electrons. The van der Waals surface area contributed by atoms with Crippen molar-refractivity contribution in [2.24, 2.45) is 5.92 Å². The van der Waals surface area contributed by atoms with Crippen molar-refractivity contribution in [1.29, 1.82) is 0 Å². The molecule has 90 valence electrons. The zero-order valence-corrected chi connectivity index (χ0v) is 9.60. The minimum absolute atomic E-state index is 0.0451. The lowest BCUT2D eigenvalue weighted by Gasteiger charge is -2.03. The molecule has 0 aromatic carbocycles. The molecule has 2 aromatic heterocycles. The molecule has 17 heavy (non-hydrogen) atoms. The number of fused-ring (bicyclic) bond motifs is 1. The second-order valence-electron chi connectivity index (χ2n) is 4.35. The summed E-state index contributed by atoms with van der Waals surface area (Å²) < 4.78 is 1.13. The zero-order chi connectivity index (χ0) is 12.6. The van der Waals surface area contributed by atoms with E-state index in [2.05, 4.69) is 10.1 Å². The molecule has 0 bridgehead atoms. The summed E-state index contributed by atoms with van der Waals surface area (Å²) in [5.74, 6) is -0.720. The van der Waals surface area contributed by atoms with Gasteiger partial charge in [0.25, 0.3) is 5.56 Å². The highest BCUT2D eigenvalue weighted by atomic mass is 16.4. The molecule has 2 aromatic rings. The molecule has 0 aliphatic rings. The lowest BCUT2D eigenvalue weighted by Crippen LogP contribution is -2.16. The van der Waals surface area contributed by atoms with Gasteiger partial charge in [-0.15, -0.1) is 0 Å². The molecular weight excluding hydrogens is 222 g/mol. The largest absolute Gasteiger partial charge is 0.477 e. The number of carboxylic acids is 1. The molecule has 2 N–H and O–H groups in total. The van der Waals surface area contributed by atoms with Gasteiger partial charge in [0.05, 0.1) is 0 Å². The number of rotatable bonds is 3. The Morgan fingerprint density at radius 2 is 2.24 bits per heavy atom. The number of aromatic nitrogens is 3. The van der Waals surface area contributed by atoms with E-state index in [-0.39, 0.29) is 11.3 Å². The molecule has 0 atom stereocenters. The fraction of sp³-hybridized carbons (Fsp3) is 0.364. The maximum absolute atomic E-state index is 11.7. The maximum atomic E-state index is 11.7. The van der Waals surface area contributed by atoms with Crippen LogP contribution < -0.4 is 5.56 Å². The molecule has 0 unspecified atom stereocenters. The van der Waals surface area contributed by atoms with Gasteiger partial charge in [0.2, 0.25) is 0 Å². The Kier molecular flexibility index (Phi) is 2.71. The van der Waals surface area contributed by atoms with Gasteiger partial charge < -0.3 is 5.11 Å². The number of hydrogen-bond acceptors (Lipinski definition) is 3. The Labute approximate surface area is 96.9 Å². The van der Waals surface area contributed by atoms with Gasteiger partial charge in [0.15, 0.2) is 5.65 Å². The van der Waals surface area contributed by atoms with Crippen molar-refractivity contribution in [3.8, 4) is 0 Å². The Hall–Kier alpha value is -2.11. The lowest BCUT2D eigenvalue weighted by atomic mass is 10.1. The van der Waals surface area contributed by atoms with Gasteiger partial charge in [-0.25, -0.2) is 14.3 Å². The first-order valence-corrected chi connectivity index (χ1v) is 5.32. The van der Waals surface area contributed by atoms with Crippen LogP contribution in [0.2, 0.25) is 0 Å². The van der Waals surface area contributed by atoms with Gasteiger partial charge >= 0.3 is 5.97 Å². The van der Waals surface area contributed by atoms with Gasteiger partial charge in [0.1, 0.15) is 5.69 Å². The number of carboxylic acid groups (broad SMARTS) is 1. The summed E-state index contributed by atoms with van der Waals surface area (Å²) in [5, 5.41) is 11.3. The number of nitrogens with zero attached hydrogens (tertiary/aromatic N) is 2.